The van der Waals surface area contributed by atoms with Crippen molar-refractivity contribution in [3.63, 3.8) is 0 Å². The van der Waals surface area contributed by atoms with E-state index in [9.17, 15) is 4.79 Å². The molecule has 0 saturated heterocycles. The van der Waals surface area contributed by atoms with Gasteiger partial charge in [0.2, 0.25) is 0 Å². The molecule has 1 aromatic carbocycles. The Morgan fingerprint density at radius 2 is 1.72 bits per heavy atom. The number of urea groups is 1. The van der Waals surface area contributed by atoms with Crippen molar-refractivity contribution in [2.75, 3.05) is 13.1 Å². The van der Waals surface area contributed by atoms with Crippen LogP contribution in [-0.4, -0.2) is 33.7 Å². The summed E-state index contributed by atoms with van der Waals surface area (Å²) in [5, 5.41) is 5.74. The second-order valence-electron chi connectivity index (χ2n) is 5.58. The van der Waals surface area contributed by atoms with Gasteiger partial charge in [0.15, 0.2) is 5.82 Å². The second-order valence-corrected chi connectivity index (χ2v) is 5.58. The van der Waals surface area contributed by atoms with E-state index in [1.807, 2.05) is 47.2 Å². The molecule has 0 unspecified atom stereocenters. The van der Waals surface area contributed by atoms with Crippen molar-refractivity contribution in [3.8, 4) is 11.5 Å². The second kappa shape index (κ2) is 8.63. The minimum atomic E-state index is -0.157. The van der Waals surface area contributed by atoms with Gasteiger partial charge in [0, 0.05) is 38.2 Å². The molecule has 128 valence electrons. The van der Waals surface area contributed by atoms with Crippen molar-refractivity contribution in [1.29, 1.82) is 0 Å². The third kappa shape index (κ3) is 4.91. The normalized spacial score (nSPS) is 10.4. The van der Waals surface area contributed by atoms with Crippen LogP contribution in [0.2, 0.25) is 0 Å². The molecule has 6 heteroatoms. The Kier molecular flexibility index (Phi) is 5.77. The first-order valence-corrected chi connectivity index (χ1v) is 8.31. The molecular formula is C19H21N5O. The first kappa shape index (κ1) is 16.7. The van der Waals surface area contributed by atoms with Gasteiger partial charge in [-0.1, -0.05) is 36.4 Å². The maximum absolute atomic E-state index is 11.9. The van der Waals surface area contributed by atoms with E-state index in [1.54, 1.807) is 12.4 Å². The number of nitrogens with zero attached hydrogens (tertiary/aromatic N) is 3. The van der Waals surface area contributed by atoms with Crippen LogP contribution in [0.4, 0.5) is 4.79 Å². The standard InChI is InChI=1S/C19H21N5O/c25-19(22-11-9-16-6-2-1-3-7-16)23-13-15-24-14-12-21-18(24)17-8-4-5-10-20-17/h1-8,10,12,14H,9,11,13,15H2,(H2,22,23,25). The van der Waals surface area contributed by atoms with E-state index in [4.69, 9.17) is 0 Å². The van der Waals surface area contributed by atoms with Crippen molar-refractivity contribution in [2.24, 2.45) is 0 Å². The number of pyridine rings is 1. The molecule has 0 bridgehead atoms. The summed E-state index contributed by atoms with van der Waals surface area (Å²) in [5.41, 5.74) is 2.03. The predicted octanol–water partition coefficient (Wildman–Crippen LogP) is 2.49. The van der Waals surface area contributed by atoms with Gasteiger partial charge in [0.1, 0.15) is 5.69 Å². The molecule has 6 nitrogen and oxygen atoms in total. The minimum absolute atomic E-state index is 0.157. The summed E-state index contributed by atoms with van der Waals surface area (Å²) < 4.78 is 1.98. The minimum Gasteiger partial charge on any atom is -0.338 e. The molecule has 0 aliphatic carbocycles. The van der Waals surface area contributed by atoms with Gasteiger partial charge in [-0.25, -0.2) is 9.78 Å². The highest BCUT2D eigenvalue weighted by Crippen LogP contribution is 2.13. The van der Waals surface area contributed by atoms with Crippen LogP contribution in [0.15, 0.2) is 67.1 Å². The fraction of sp³-hybridized carbons (Fsp3) is 0.211. The zero-order chi connectivity index (χ0) is 17.3. The Bertz CT molecular complexity index is 786. The van der Waals surface area contributed by atoms with Crippen molar-refractivity contribution >= 4 is 6.03 Å². The van der Waals surface area contributed by atoms with Gasteiger partial charge in [0.25, 0.3) is 0 Å². The Labute approximate surface area is 146 Å². The predicted molar refractivity (Wildman–Crippen MR) is 97.0 cm³/mol. The van der Waals surface area contributed by atoms with Crippen LogP contribution in [-0.2, 0) is 13.0 Å². The van der Waals surface area contributed by atoms with Crippen molar-refractivity contribution < 1.29 is 4.79 Å². The van der Waals surface area contributed by atoms with E-state index >= 15 is 0 Å². The third-order valence-corrected chi connectivity index (χ3v) is 3.79. The van der Waals surface area contributed by atoms with Crippen LogP contribution < -0.4 is 10.6 Å². The third-order valence-electron chi connectivity index (χ3n) is 3.79. The average molecular weight is 335 g/mol. The van der Waals surface area contributed by atoms with Gasteiger partial charge >= 0.3 is 6.03 Å². The van der Waals surface area contributed by atoms with E-state index in [0.717, 1.165) is 17.9 Å². The quantitative estimate of drug-likeness (QED) is 0.697. The molecule has 2 heterocycles. The number of aromatic nitrogens is 3. The lowest BCUT2D eigenvalue weighted by atomic mass is 10.1. The number of carbonyl (C=O) groups is 1. The molecule has 0 saturated carbocycles. The topological polar surface area (TPSA) is 71.8 Å². The number of rotatable bonds is 7. The molecule has 0 spiro atoms. The molecule has 0 atom stereocenters. The van der Waals surface area contributed by atoms with Gasteiger partial charge in [-0.15, -0.1) is 0 Å². The first-order valence-electron chi connectivity index (χ1n) is 8.31. The van der Waals surface area contributed by atoms with Gasteiger partial charge < -0.3 is 15.2 Å². The highest BCUT2D eigenvalue weighted by molar-refractivity contribution is 5.73. The number of hydrogen-bond acceptors (Lipinski definition) is 3. The summed E-state index contributed by atoms with van der Waals surface area (Å²) in [7, 11) is 0. The number of nitrogens with one attached hydrogen (secondary N) is 2. The summed E-state index contributed by atoms with van der Waals surface area (Å²) in [5.74, 6) is 0.798. The molecule has 25 heavy (non-hydrogen) atoms. The summed E-state index contributed by atoms with van der Waals surface area (Å²) in [6.45, 7) is 1.77. The number of carbonyl (C=O) groups excluding carboxylic acids is 1. The number of amides is 2. The van der Waals surface area contributed by atoms with Crippen LogP contribution in [0, 0.1) is 0 Å². The molecule has 0 aliphatic heterocycles. The largest absolute Gasteiger partial charge is 0.338 e. The van der Waals surface area contributed by atoms with Crippen molar-refractivity contribution in [3.05, 3.63) is 72.7 Å². The van der Waals surface area contributed by atoms with E-state index in [2.05, 4.69) is 32.7 Å². The van der Waals surface area contributed by atoms with Crippen molar-refractivity contribution in [1.82, 2.24) is 25.2 Å². The van der Waals surface area contributed by atoms with E-state index in [-0.39, 0.29) is 6.03 Å². The zero-order valence-corrected chi connectivity index (χ0v) is 13.9. The summed E-state index contributed by atoms with van der Waals surface area (Å²) in [4.78, 5) is 20.5. The average Bonchev–Trinajstić information content (AvgIpc) is 3.12. The Morgan fingerprint density at radius 1 is 0.920 bits per heavy atom. The molecular weight excluding hydrogens is 314 g/mol. The fourth-order valence-electron chi connectivity index (χ4n) is 2.54. The molecule has 3 rings (SSSR count). The summed E-state index contributed by atoms with van der Waals surface area (Å²) in [6.07, 6.45) is 6.19. The highest BCUT2D eigenvalue weighted by atomic mass is 16.2. The van der Waals surface area contributed by atoms with Crippen molar-refractivity contribution in [2.45, 2.75) is 13.0 Å². The van der Waals surface area contributed by atoms with E-state index < -0.39 is 0 Å². The van der Waals surface area contributed by atoms with E-state index in [1.165, 1.54) is 5.56 Å². The summed E-state index contributed by atoms with van der Waals surface area (Å²) >= 11 is 0. The highest BCUT2D eigenvalue weighted by Gasteiger charge is 2.07. The maximum Gasteiger partial charge on any atom is 0.314 e. The number of hydrogen-bond donors (Lipinski definition) is 2. The first-order chi connectivity index (χ1) is 12.3. The molecule has 3 aromatic rings. The number of imidazole rings is 1. The Balaban J connectivity index is 1.41. The molecule has 2 N–H and O–H groups in total. The molecule has 0 radical (unpaired) electrons. The van der Waals surface area contributed by atoms with Gasteiger partial charge in [0.05, 0.1) is 0 Å². The smallest absolute Gasteiger partial charge is 0.314 e. The van der Waals surface area contributed by atoms with Gasteiger partial charge in [-0.3, -0.25) is 4.98 Å². The fourth-order valence-corrected chi connectivity index (χ4v) is 2.54. The van der Waals surface area contributed by atoms with Gasteiger partial charge in [-0.05, 0) is 24.1 Å². The maximum atomic E-state index is 11.9. The van der Waals surface area contributed by atoms with Crippen LogP contribution in [0.5, 0.6) is 0 Å². The molecule has 2 amide bonds. The number of benzene rings is 1. The van der Waals surface area contributed by atoms with Crippen LogP contribution in [0.3, 0.4) is 0 Å². The van der Waals surface area contributed by atoms with E-state index in [0.29, 0.717) is 19.6 Å². The SMILES string of the molecule is O=C(NCCc1ccccc1)NCCn1ccnc1-c1ccccn1. The van der Waals surface area contributed by atoms with Crippen LogP contribution >= 0.6 is 0 Å². The molecule has 2 aromatic heterocycles. The monoisotopic (exact) mass is 335 g/mol. The van der Waals surface area contributed by atoms with Crippen LogP contribution in [0.25, 0.3) is 11.5 Å². The lowest BCUT2D eigenvalue weighted by Gasteiger charge is -2.10. The zero-order valence-electron chi connectivity index (χ0n) is 13.9. The lowest BCUT2D eigenvalue weighted by molar-refractivity contribution is 0.240. The molecule has 0 aliphatic rings. The molecule has 0 fully saturated rings. The van der Waals surface area contributed by atoms with Gasteiger partial charge in [-0.2, -0.15) is 0 Å². The van der Waals surface area contributed by atoms with Crippen LogP contribution in [0.1, 0.15) is 5.56 Å². The Hall–Kier alpha value is -3.15. The summed E-state index contributed by atoms with van der Waals surface area (Å²) in [6, 6.07) is 15.7. The lowest BCUT2D eigenvalue weighted by Crippen LogP contribution is -2.38. The Morgan fingerprint density at radius 3 is 2.52 bits per heavy atom.